The smallest absolute Gasteiger partial charge is 0.353 e. The van der Waals surface area contributed by atoms with Gasteiger partial charge in [-0.05, 0) is 68.5 Å². The van der Waals surface area contributed by atoms with Crippen LogP contribution in [0.5, 0.6) is 0 Å². The lowest BCUT2D eigenvalue weighted by atomic mass is 10.5. The Morgan fingerprint density at radius 2 is 0.857 bits per heavy atom. The van der Waals surface area contributed by atoms with E-state index in [2.05, 4.69) is 68.5 Å². The highest BCUT2D eigenvalue weighted by Crippen LogP contribution is 2.23. The lowest BCUT2D eigenvalue weighted by Gasteiger charge is -2.41. The molecule has 0 aromatic rings. The van der Waals surface area contributed by atoms with Crippen LogP contribution in [0.25, 0.3) is 0 Å². The Balaban J connectivity index is 5.48. The summed E-state index contributed by atoms with van der Waals surface area (Å²) in [5.74, 6) is 0. The third-order valence-electron chi connectivity index (χ3n) is 2.93. The fourth-order valence-corrected chi connectivity index (χ4v) is 25.1. The van der Waals surface area contributed by atoms with Gasteiger partial charge in [0.1, 0.15) is 0 Å². The largest absolute Gasteiger partial charge is 0.416 e. The van der Waals surface area contributed by atoms with Gasteiger partial charge in [-0.15, -0.1) is 0 Å². The maximum absolute atomic E-state index is 6.46. The summed E-state index contributed by atoms with van der Waals surface area (Å²) in [6.45, 7) is 21.1. The van der Waals surface area contributed by atoms with Crippen LogP contribution in [-0.2, 0) is 17.7 Å². The van der Waals surface area contributed by atoms with Crippen LogP contribution in [0.2, 0.25) is 13.1 Å². The van der Waals surface area contributed by atoms with E-state index in [1.165, 1.54) is 0 Å². The van der Waals surface area contributed by atoms with Gasteiger partial charge in [0.15, 0.2) is 0 Å². The van der Waals surface area contributed by atoms with Crippen LogP contribution in [0.1, 0.15) is 55.4 Å². The molecule has 2 atom stereocenters. The van der Waals surface area contributed by atoms with Crippen molar-refractivity contribution in [2.24, 2.45) is 0 Å². The molecule has 0 rings (SSSR count). The van der Waals surface area contributed by atoms with Crippen LogP contribution in [0, 0.1) is 0 Å². The lowest BCUT2D eigenvalue weighted by Crippen LogP contribution is -2.69. The third kappa shape index (κ3) is 7.54. The zero-order chi connectivity index (χ0) is 16.8. The van der Waals surface area contributed by atoms with Crippen molar-refractivity contribution in [2.75, 3.05) is 0 Å². The van der Waals surface area contributed by atoms with Gasteiger partial charge in [0, 0.05) is 24.4 Å². The summed E-state index contributed by atoms with van der Waals surface area (Å²) in [5.41, 5.74) is 0. The molecule has 0 N–H and O–H groups in total. The Morgan fingerprint density at radius 3 is 1.05 bits per heavy atom. The minimum Gasteiger partial charge on any atom is -0.416 e. The molecule has 0 amide bonds. The van der Waals surface area contributed by atoms with E-state index < -0.39 is 24.7 Å². The molecule has 128 valence electrons. The first-order chi connectivity index (χ1) is 9.51. The van der Waals surface area contributed by atoms with Crippen molar-refractivity contribution in [3.63, 3.8) is 0 Å². The Labute approximate surface area is 135 Å². The van der Waals surface area contributed by atoms with Gasteiger partial charge >= 0.3 is 7.60 Å². The second kappa shape index (κ2) is 9.59. The van der Waals surface area contributed by atoms with Crippen LogP contribution >= 0.6 is 0 Å². The molecule has 0 fully saturated rings. The molecule has 0 aliphatic heterocycles. The Hall–Kier alpha value is 0.491. The molecule has 0 saturated heterocycles. The Bertz CT molecular complexity index is 257. The molecule has 0 saturated carbocycles. The quantitative estimate of drug-likeness (QED) is 0.566. The molecule has 0 radical (unpaired) electrons. The summed E-state index contributed by atoms with van der Waals surface area (Å²) >= 11 is 0. The van der Waals surface area contributed by atoms with Gasteiger partial charge in [0.05, 0.1) is 0 Å². The van der Waals surface area contributed by atoms with Gasteiger partial charge in [-0.25, -0.2) is 0 Å². The number of rotatable bonds is 10. The highest BCUT2D eigenvalue weighted by Gasteiger charge is 2.54. The van der Waals surface area contributed by atoms with Crippen LogP contribution in [0.15, 0.2) is 0 Å². The topological polar surface area (TPSA) is 36.9 Å². The minimum atomic E-state index is -2.42. The maximum Gasteiger partial charge on any atom is 0.353 e. The first-order valence-corrected chi connectivity index (χ1v) is 16.9. The Kier molecular flexibility index (Phi) is 9.81. The van der Waals surface area contributed by atoms with Gasteiger partial charge in [-0.2, -0.15) is 0 Å². The molecule has 21 heavy (non-hydrogen) atoms. The molecule has 0 bridgehead atoms. The molecule has 0 aromatic carbocycles. The Morgan fingerprint density at radius 1 is 0.571 bits per heavy atom. The number of hydrogen-bond donors (Lipinski definition) is 0. The predicted molar refractivity (Wildman–Crippen MR) is 96.7 cm³/mol. The molecule has 0 aliphatic rings. The summed E-state index contributed by atoms with van der Waals surface area (Å²) in [4.78, 5) is 0. The van der Waals surface area contributed by atoms with Crippen molar-refractivity contribution in [3.05, 3.63) is 0 Å². The normalized spacial score (nSPS) is 16.3. The lowest BCUT2D eigenvalue weighted by molar-refractivity contribution is 0.117. The van der Waals surface area contributed by atoms with Crippen molar-refractivity contribution < 1.29 is 17.7 Å². The highest BCUT2D eigenvalue weighted by atomic mass is 29.6. The van der Waals surface area contributed by atoms with E-state index in [0.717, 1.165) is 0 Å². The third-order valence-corrected chi connectivity index (χ3v) is 26.5. The van der Waals surface area contributed by atoms with E-state index in [1.807, 2.05) is 0 Å². The molecular weight excluding hydrogens is 316 g/mol. The van der Waals surface area contributed by atoms with Gasteiger partial charge in [-0.3, -0.25) is 0 Å². The standard InChI is InChI=1S/C14H36O4Si3/c1-11(2)15-19(9)21(17-13(5)6,18-14(7)8)20(10)16-12(3)4/h11-14,19-20H,1-10H3. The van der Waals surface area contributed by atoms with Crippen LogP contribution in [0.3, 0.4) is 0 Å². The van der Waals surface area contributed by atoms with E-state index >= 15 is 0 Å². The van der Waals surface area contributed by atoms with E-state index in [4.69, 9.17) is 17.7 Å². The number of hydrogen-bond acceptors (Lipinski definition) is 4. The van der Waals surface area contributed by atoms with Crippen molar-refractivity contribution in [3.8, 4) is 0 Å². The van der Waals surface area contributed by atoms with E-state index in [1.54, 1.807) is 0 Å². The van der Waals surface area contributed by atoms with E-state index in [0.29, 0.717) is 0 Å². The zero-order valence-corrected chi connectivity index (χ0v) is 18.9. The molecule has 0 spiro atoms. The molecule has 7 heteroatoms. The second-order valence-corrected chi connectivity index (χ2v) is 23.4. The first kappa shape index (κ1) is 21.5. The average Bonchev–Trinajstić information content (AvgIpc) is 2.24. The molecule has 0 heterocycles. The summed E-state index contributed by atoms with van der Waals surface area (Å²) in [7, 11) is -5.64. The van der Waals surface area contributed by atoms with E-state index in [9.17, 15) is 0 Å². The average molecular weight is 353 g/mol. The van der Waals surface area contributed by atoms with Crippen molar-refractivity contribution in [1.82, 2.24) is 0 Å². The van der Waals surface area contributed by atoms with Crippen LogP contribution in [-0.4, -0.2) is 49.1 Å². The van der Waals surface area contributed by atoms with Crippen molar-refractivity contribution in [2.45, 2.75) is 92.9 Å². The van der Waals surface area contributed by atoms with Gasteiger partial charge in [0.2, 0.25) is 17.1 Å². The molecule has 0 aliphatic carbocycles. The molecule has 4 nitrogen and oxygen atoms in total. The molecular formula is C14H36O4Si3. The van der Waals surface area contributed by atoms with Crippen molar-refractivity contribution in [1.29, 1.82) is 0 Å². The minimum absolute atomic E-state index is 0.145. The van der Waals surface area contributed by atoms with Crippen molar-refractivity contribution >= 4 is 24.7 Å². The monoisotopic (exact) mass is 352 g/mol. The predicted octanol–water partition coefficient (Wildman–Crippen LogP) is 2.99. The van der Waals surface area contributed by atoms with Crippen LogP contribution < -0.4 is 0 Å². The molecule has 2 unspecified atom stereocenters. The summed E-state index contributed by atoms with van der Waals surface area (Å²) in [5, 5.41) is 0. The zero-order valence-electron chi connectivity index (χ0n) is 15.6. The highest BCUT2D eigenvalue weighted by molar-refractivity contribution is 7.52. The van der Waals surface area contributed by atoms with Gasteiger partial charge in [0.25, 0.3) is 0 Å². The maximum atomic E-state index is 6.46. The SMILES string of the molecule is CC(C)O[SiH](C)[Si](OC(C)C)(OC(C)C)[SiH](C)OC(C)C. The van der Waals surface area contributed by atoms with Gasteiger partial charge < -0.3 is 17.7 Å². The van der Waals surface area contributed by atoms with Crippen LogP contribution in [0.4, 0.5) is 0 Å². The summed E-state index contributed by atoms with van der Waals surface area (Å²) in [6, 6.07) is 0. The first-order valence-electron chi connectivity index (χ1n) is 8.17. The summed E-state index contributed by atoms with van der Waals surface area (Å²) in [6.07, 6.45) is 0.717. The second-order valence-electron chi connectivity index (χ2n) is 6.71. The van der Waals surface area contributed by atoms with Gasteiger partial charge in [-0.1, -0.05) is 0 Å². The summed E-state index contributed by atoms with van der Waals surface area (Å²) < 4.78 is 25.4. The van der Waals surface area contributed by atoms with E-state index in [-0.39, 0.29) is 24.4 Å². The fourth-order valence-electron chi connectivity index (χ4n) is 2.48. The fraction of sp³-hybridized carbons (Fsp3) is 1.00. The molecule has 0 aromatic heterocycles.